The predicted molar refractivity (Wildman–Crippen MR) is 108 cm³/mol. The van der Waals surface area contributed by atoms with Crippen LogP contribution < -0.4 is 4.90 Å². The average Bonchev–Trinajstić information content (AvgIpc) is 2.89. The van der Waals surface area contributed by atoms with E-state index in [0.29, 0.717) is 25.6 Å². The van der Waals surface area contributed by atoms with Crippen molar-refractivity contribution >= 4 is 11.7 Å². The number of imidazole rings is 1. The molecule has 29 heavy (non-hydrogen) atoms. The third kappa shape index (κ3) is 4.83. The number of hydrogen-bond donors (Lipinski definition) is 0. The second-order valence-electron chi connectivity index (χ2n) is 7.34. The largest absolute Gasteiger partial charge is 0.375 e. The molecule has 0 saturated carbocycles. The summed E-state index contributed by atoms with van der Waals surface area (Å²) < 4.78 is 35.0. The molecule has 2 heterocycles. The van der Waals surface area contributed by atoms with Gasteiger partial charge in [-0.25, -0.2) is 13.8 Å². The summed E-state index contributed by atoms with van der Waals surface area (Å²) in [4.78, 5) is 19.7. The lowest BCUT2D eigenvalue weighted by atomic mass is 10.1. The summed E-state index contributed by atoms with van der Waals surface area (Å²) in [7, 11) is 0. The van der Waals surface area contributed by atoms with Crippen molar-refractivity contribution in [2.45, 2.75) is 65.5 Å². The Morgan fingerprint density at radius 1 is 1.21 bits per heavy atom. The Morgan fingerprint density at radius 3 is 2.76 bits per heavy atom. The number of ether oxygens (including phenoxy) is 1. The molecule has 1 aliphatic heterocycles. The number of halogens is 2. The van der Waals surface area contributed by atoms with Gasteiger partial charge in [-0.1, -0.05) is 19.8 Å². The highest BCUT2D eigenvalue weighted by atomic mass is 19.2. The molecule has 1 amide bonds. The van der Waals surface area contributed by atoms with Crippen molar-refractivity contribution in [3.63, 3.8) is 0 Å². The quantitative estimate of drug-likeness (QED) is 0.629. The minimum atomic E-state index is -1.03. The zero-order chi connectivity index (χ0) is 20.8. The van der Waals surface area contributed by atoms with Gasteiger partial charge >= 0.3 is 0 Å². The Kier molecular flexibility index (Phi) is 7.36. The summed E-state index contributed by atoms with van der Waals surface area (Å²) in [6.07, 6.45) is 5.83. The molecule has 1 aliphatic rings. The molecule has 0 radical (unpaired) electrons. The van der Waals surface area contributed by atoms with E-state index in [-0.39, 0.29) is 11.5 Å². The number of fused-ring (bicyclic) bond motifs is 1. The normalized spacial score (nSPS) is 13.8. The number of aryl methyl sites for hydroxylation is 1. The first-order valence-electron chi connectivity index (χ1n) is 10.5. The molecule has 0 spiro atoms. The molecule has 1 aromatic carbocycles. The second-order valence-corrected chi connectivity index (χ2v) is 7.34. The van der Waals surface area contributed by atoms with Crippen LogP contribution in [0.25, 0.3) is 0 Å². The predicted octanol–water partition coefficient (Wildman–Crippen LogP) is 4.87. The van der Waals surface area contributed by atoms with E-state index < -0.39 is 11.6 Å². The van der Waals surface area contributed by atoms with Crippen LogP contribution in [0.3, 0.4) is 0 Å². The lowest BCUT2D eigenvalue weighted by Crippen LogP contribution is -2.33. The standard InChI is InChI=1S/C22H29F2N3O2/c1-3-5-12-27(22(28)16-10-11-17(23)18(24)14-16)21-19(15-29-4-2)26-13-8-6-7-9-20(26)25-21/h10-11,14H,3-9,12-13,15H2,1-2H3. The van der Waals surface area contributed by atoms with Crippen LogP contribution in [-0.4, -0.2) is 28.6 Å². The fourth-order valence-electron chi connectivity index (χ4n) is 3.67. The lowest BCUT2D eigenvalue weighted by molar-refractivity contribution is 0.0983. The maximum Gasteiger partial charge on any atom is 0.259 e. The van der Waals surface area contributed by atoms with Crippen molar-refractivity contribution in [2.75, 3.05) is 18.1 Å². The highest BCUT2D eigenvalue weighted by Gasteiger charge is 2.27. The number of amides is 1. The number of carbonyl (C=O) groups excluding carboxylic acids is 1. The molecule has 2 aromatic rings. The Morgan fingerprint density at radius 2 is 2.03 bits per heavy atom. The molecular weight excluding hydrogens is 376 g/mol. The molecule has 0 aliphatic carbocycles. The van der Waals surface area contributed by atoms with Crippen LogP contribution in [0.1, 0.15) is 67.8 Å². The number of anilines is 1. The van der Waals surface area contributed by atoms with E-state index in [1.54, 1.807) is 4.90 Å². The van der Waals surface area contributed by atoms with Gasteiger partial charge in [0, 0.05) is 31.7 Å². The first-order chi connectivity index (χ1) is 14.1. The van der Waals surface area contributed by atoms with Crippen molar-refractivity contribution < 1.29 is 18.3 Å². The summed E-state index contributed by atoms with van der Waals surface area (Å²) >= 11 is 0. The summed E-state index contributed by atoms with van der Waals surface area (Å²) in [5.74, 6) is -0.817. The second kappa shape index (κ2) is 9.96. The van der Waals surface area contributed by atoms with Gasteiger partial charge in [-0.3, -0.25) is 9.69 Å². The van der Waals surface area contributed by atoms with Gasteiger partial charge in [-0.2, -0.15) is 0 Å². The van der Waals surface area contributed by atoms with E-state index in [9.17, 15) is 13.6 Å². The van der Waals surface area contributed by atoms with E-state index in [1.807, 2.05) is 13.8 Å². The van der Waals surface area contributed by atoms with Crippen molar-refractivity contribution in [1.82, 2.24) is 9.55 Å². The van der Waals surface area contributed by atoms with Gasteiger partial charge in [0.15, 0.2) is 17.5 Å². The number of rotatable bonds is 8. The van der Waals surface area contributed by atoms with Crippen LogP contribution in [0, 0.1) is 11.6 Å². The van der Waals surface area contributed by atoms with Gasteiger partial charge < -0.3 is 9.30 Å². The maximum absolute atomic E-state index is 13.7. The smallest absolute Gasteiger partial charge is 0.259 e. The Balaban J connectivity index is 2.03. The van der Waals surface area contributed by atoms with Crippen molar-refractivity contribution in [3.05, 3.63) is 46.9 Å². The van der Waals surface area contributed by atoms with E-state index in [0.717, 1.165) is 68.7 Å². The molecule has 158 valence electrons. The minimum Gasteiger partial charge on any atom is -0.375 e. The average molecular weight is 405 g/mol. The molecule has 0 saturated heterocycles. The van der Waals surface area contributed by atoms with Gasteiger partial charge in [0.2, 0.25) is 0 Å². The van der Waals surface area contributed by atoms with Crippen LogP contribution >= 0.6 is 0 Å². The van der Waals surface area contributed by atoms with Crippen LogP contribution in [0.5, 0.6) is 0 Å². The number of benzene rings is 1. The molecule has 0 atom stereocenters. The van der Waals surface area contributed by atoms with Crippen molar-refractivity contribution in [1.29, 1.82) is 0 Å². The third-order valence-corrected chi connectivity index (χ3v) is 5.26. The van der Waals surface area contributed by atoms with E-state index in [1.165, 1.54) is 6.07 Å². The number of unbranched alkanes of at least 4 members (excludes halogenated alkanes) is 1. The highest BCUT2D eigenvalue weighted by Crippen LogP contribution is 2.28. The summed E-state index contributed by atoms with van der Waals surface area (Å²) in [6.45, 7) is 6.22. The zero-order valence-corrected chi connectivity index (χ0v) is 17.2. The number of carbonyl (C=O) groups is 1. The van der Waals surface area contributed by atoms with E-state index >= 15 is 0 Å². The zero-order valence-electron chi connectivity index (χ0n) is 17.2. The molecule has 1 aromatic heterocycles. The monoisotopic (exact) mass is 405 g/mol. The molecule has 0 unspecified atom stereocenters. The minimum absolute atomic E-state index is 0.116. The molecule has 0 fully saturated rings. The Labute approximate surface area is 170 Å². The van der Waals surface area contributed by atoms with Crippen LogP contribution in [0.4, 0.5) is 14.6 Å². The molecule has 5 nitrogen and oxygen atoms in total. The topological polar surface area (TPSA) is 47.4 Å². The van der Waals surface area contributed by atoms with E-state index in [4.69, 9.17) is 9.72 Å². The third-order valence-electron chi connectivity index (χ3n) is 5.26. The van der Waals surface area contributed by atoms with Crippen LogP contribution in [0.15, 0.2) is 18.2 Å². The number of hydrogen-bond acceptors (Lipinski definition) is 3. The fourth-order valence-corrected chi connectivity index (χ4v) is 3.67. The summed E-state index contributed by atoms with van der Waals surface area (Å²) in [5.41, 5.74) is 1.00. The maximum atomic E-state index is 13.7. The van der Waals surface area contributed by atoms with Gasteiger partial charge in [0.1, 0.15) is 5.82 Å². The van der Waals surface area contributed by atoms with Gasteiger partial charge in [-0.05, 0) is 44.4 Å². The number of aromatic nitrogens is 2. The molecular formula is C22H29F2N3O2. The van der Waals surface area contributed by atoms with Gasteiger partial charge in [0.25, 0.3) is 5.91 Å². The van der Waals surface area contributed by atoms with Crippen molar-refractivity contribution in [2.24, 2.45) is 0 Å². The molecule has 3 rings (SSSR count). The summed E-state index contributed by atoms with van der Waals surface area (Å²) in [6, 6.07) is 3.27. The molecule has 7 heteroatoms. The first kappa shape index (κ1) is 21.4. The SMILES string of the molecule is CCCCN(C(=O)c1ccc(F)c(F)c1)c1nc2n(c1COCC)CCCCC2. The van der Waals surface area contributed by atoms with E-state index in [2.05, 4.69) is 4.57 Å². The number of nitrogens with zero attached hydrogens (tertiary/aromatic N) is 3. The Bertz CT molecular complexity index is 851. The van der Waals surface area contributed by atoms with Crippen LogP contribution in [0.2, 0.25) is 0 Å². The Hall–Kier alpha value is -2.28. The first-order valence-corrected chi connectivity index (χ1v) is 10.5. The van der Waals surface area contributed by atoms with Gasteiger partial charge in [0.05, 0.1) is 12.3 Å². The van der Waals surface area contributed by atoms with Crippen LogP contribution in [-0.2, 0) is 24.3 Å². The fraction of sp³-hybridized carbons (Fsp3) is 0.545. The molecule has 0 bridgehead atoms. The molecule has 0 N–H and O–H groups in total. The van der Waals surface area contributed by atoms with Crippen molar-refractivity contribution in [3.8, 4) is 0 Å². The summed E-state index contributed by atoms with van der Waals surface area (Å²) in [5, 5.41) is 0. The lowest BCUT2D eigenvalue weighted by Gasteiger charge is -2.22. The van der Waals surface area contributed by atoms with Gasteiger partial charge in [-0.15, -0.1) is 0 Å². The highest BCUT2D eigenvalue weighted by molar-refractivity contribution is 6.05.